The Bertz CT molecular complexity index is 687. The molecule has 1 aromatic heterocycles. The summed E-state index contributed by atoms with van der Waals surface area (Å²) in [5, 5.41) is 2.28. The first-order chi connectivity index (χ1) is 11.5. The number of carbonyl (C=O) groups is 1. The molecule has 2 aliphatic rings. The van der Waals surface area contributed by atoms with Crippen LogP contribution in [0.5, 0.6) is 0 Å². The molecule has 0 aromatic carbocycles. The van der Waals surface area contributed by atoms with E-state index in [0.29, 0.717) is 44.8 Å². The fraction of sp³-hybridized carbons (Fsp3) is 0.600. The molecule has 0 saturated carbocycles. The molecule has 7 nitrogen and oxygen atoms in total. The predicted octanol–water partition coefficient (Wildman–Crippen LogP) is 0.630. The minimum Gasteiger partial charge on any atom is -0.353 e. The molecular formula is C15H21FN4O3S. The van der Waals surface area contributed by atoms with E-state index in [1.54, 1.807) is 11.0 Å². The molecule has 0 aliphatic carbocycles. The van der Waals surface area contributed by atoms with E-state index in [9.17, 15) is 17.6 Å². The number of piperazine rings is 1. The van der Waals surface area contributed by atoms with E-state index in [0.717, 1.165) is 0 Å². The molecule has 2 amide bonds. The monoisotopic (exact) mass is 356 g/mol. The maximum Gasteiger partial charge on any atom is 0.317 e. The zero-order valence-electron chi connectivity index (χ0n) is 13.3. The predicted molar refractivity (Wildman–Crippen MR) is 88.2 cm³/mol. The molecule has 1 atom stereocenters. The number of pyridine rings is 1. The number of carbonyl (C=O) groups excluding carboxylic acids is 1. The highest BCUT2D eigenvalue weighted by Crippen LogP contribution is 2.19. The molecule has 1 N–H and O–H groups in total. The second-order valence-corrected chi connectivity index (χ2v) is 8.53. The number of rotatable bonds is 3. The van der Waals surface area contributed by atoms with Gasteiger partial charge in [-0.25, -0.2) is 22.6 Å². The quantitative estimate of drug-likeness (QED) is 0.859. The van der Waals surface area contributed by atoms with Gasteiger partial charge in [-0.1, -0.05) is 0 Å². The molecule has 0 radical (unpaired) electrons. The van der Waals surface area contributed by atoms with Crippen molar-refractivity contribution in [2.45, 2.75) is 18.1 Å². The average Bonchev–Trinajstić information content (AvgIpc) is 2.92. The van der Waals surface area contributed by atoms with Gasteiger partial charge in [0.05, 0.1) is 17.2 Å². The lowest BCUT2D eigenvalue weighted by atomic mass is 10.2. The second-order valence-electron chi connectivity index (χ2n) is 6.13. The number of anilines is 1. The maximum atomic E-state index is 12.9. The van der Waals surface area contributed by atoms with Crippen molar-refractivity contribution in [2.24, 2.45) is 0 Å². The lowest BCUT2D eigenvalue weighted by Gasteiger charge is -2.35. The second kappa shape index (κ2) is 6.92. The van der Waals surface area contributed by atoms with Gasteiger partial charge in [0.2, 0.25) is 0 Å². The Labute approximate surface area is 140 Å². The van der Waals surface area contributed by atoms with E-state index >= 15 is 0 Å². The van der Waals surface area contributed by atoms with E-state index in [1.165, 1.54) is 12.3 Å². The lowest BCUT2D eigenvalue weighted by Crippen LogP contribution is -2.53. The van der Waals surface area contributed by atoms with Crippen LogP contribution in [0, 0.1) is 5.82 Å². The van der Waals surface area contributed by atoms with E-state index in [-0.39, 0.29) is 24.1 Å². The summed E-state index contributed by atoms with van der Waals surface area (Å²) in [7, 11) is -3.04. The molecule has 2 saturated heterocycles. The standard InChI is InChI=1S/C15H21FN4O3S/c16-12-3-4-14(17-10-12)19-5-7-20(8-6-19)15(21)18-11-13-2-1-9-24(13,22)23/h3-4,10,13H,1-2,5-9,11H2,(H,18,21). The highest BCUT2D eigenvalue weighted by Gasteiger charge is 2.32. The summed E-state index contributed by atoms with van der Waals surface area (Å²) in [6.07, 6.45) is 2.47. The van der Waals surface area contributed by atoms with Crippen LogP contribution in [0.1, 0.15) is 12.8 Å². The maximum absolute atomic E-state index is 12.9. The largest absolute Gasteiger partial charge is 0.353 e. The number of nitrogens with one attached hydrogen (secondary N) is 1. The van der Waals surface area contributed by atoms with E-state index in [2.05, 4.69) is 10.3 Å². The van der Waals surface area contributed by atoms with Gasteiger partial charge in [0.15, 0.2) is 9.84 Å². The lowest BCUT2D eigenvalue weighted by molar-refractivity contribution is 0.194. The molecule has 1 unspecified atom stereocenters. The third kappa shape index (κ3) is 3.77. The highest BCUT2D eigenvalue weighted by molar-refractivity contribution is 7.92. The van der Waals surface area contributed by atoms with Crippen LogP contribution in [0.3, 0.4) is 0 Å². The number of amides is 2. The molecular weight excluding hydrogens is 335 g/mol. The van der Waals surface area contributed by atoms with Crippen LogP contribution in [0.25, 0.3) is 0 Å². The van der Waals surface area contributed by atoms with Gasteiger partial charge in [0.1, 0.15) is 11.6 Å². The van der Waals surface area contributed by atoms with Gasteiger partial charge in [-0.15, -0.1) is 0 Å². The smallest absolute Gasteiger partial charge is 0.317 e. The van der Waals surface area contributed by atoms with Gasteiger partial charge < -0.3 is 15.1 Å². The van der Waals surface area contributed by atoms with Crippen molar-refractivity contribution >= 4 is 21.7 Å². The number of hydrogen-bond acceptors (Lipinski definition) is 5. The summed E-state index contributed by atoms with van der Waals surface area (Å²) in [6, 6.07) is 2.75. The summed E-state index contributed by atoms with van der Waals surface area (Å²) in [5.41, 5.74) is 0. The molecule has 0 bridgehead atoms. The van der Waals surface area contributed by atoms with Gasteiger partial charge in [-0.2, -0.15) is 0 Å². The zero-order valence-corrected chi connectivity index (χ0v) is 14.1. The third-order valence-electron chi connectivity index (χ3n) is 4.55. The molecule has 132 valence electrons. The van der Waals surface area contributed by atoms with Gasteiger partial charge in [0.25, 0.3) is 0 Å². The van der Waals surface area contributed by atoms with E-state index < -0.39 is 15.1 Å². The van der Waals surface area contributed by atoms with Gasteiger partial charge in [0, 0.05) is 32.7 Å². The first-order valence-corrected chi connectivity index (χ1v) is 9.78. The number of aromatic nitrogens is 1. The SMILES string of the molecule is O=C(NCC1CCCS1(=O)=O)N1CCN(c2ccc(F)cn2)CC1. The van der Waals surface area contributed by atoms with Crippen LogP contribution >= 0.6 is 0 Å². The average molecular weight is 356 g/mol. The zero-order chi connectivity index (χ0) is 17.2. The van der Waals surface area contributed by atoms with Gasteiger partial charge in [-0.05, 0) is 25.0 Å². The first-order valence-electron chi connectivity index (χ1n) is 8.06. The van der Waals surface area contributed by atoms with Gasteiger partial charge in [-0.3, -0.25) is 0 Å². The van der Waals surface area contributed by atoms with Crippen LogP contribution in [0.2, 0.25) is 0 Å². The van der Waals surface area contributed by atoms with Crippen LogP contribution in [-0.4, -0.2) is 68.1 Å². The fourth-order valence-corrected chi connectivity index (χ4v) is 4.86. The van der Waals surface area contributed by atoms with Gasteiger partial charge >= 0.3 is 6.03 Å². The Balaban J connectivity index is 1.47. The molecule has 1 aromatic rings. The van der Waals surface area contributed by atoms with Crippen LogP contribution < -0.4 is 10.2 Å². The Morgan fingerprint density at radius 3 is 2.62 bits per heavy atom. The third-order valence-corrected chi connectivity index (χ3v) is 6.82. The van der Waals surface area contributed by atoms with Crippen molar-refractivity contribution in [2.75, 3.05) is 43.4 Å². The molecule has 3 rings (SSSR count). The van der Waals surface area contributed by atoms with Crippen molar-refractivity contribution < 1.29 is 17.6 Å². The fourth-order valence-electron chi connectivity index (χ4n) is 3.09. The Morgan fingerprint density at radius 1 is 1.29 bits per heavy atom. The molecule has 2 aliphatic heterocycles. The summed E-state index contributed by atoms with van der Waals surface area (Å²) >= 11 is 0. The minimum absolute atomic E-state index is 0.181. The summed E-state index contributed by atoms with van der Waals surface area (Å²) in [6.45, 7) is 2.42. The molecule has 9 heteroatoms. The molecule has 24 heavy (non-hydrogen) atoms. The minimum atomic E-state index is -3.04. The normalized spacial score (nSPS) is 23.3. The number of hydrogen-bond donors (Lipinski definition) is 1. The van der Waals surface area contributed by atoms with Crippen molar-refractivity contribution in [1.29, 1.82) is 0 Å². The topological polar surface area (TPSA) is 82.6 Å². The molecule has 2 fully saturated rings. The Morgan fingerprint density at radius 2 is 2.04 bits per heavy atom. The van der Waals surface area contributed by atoms with E-state index in [4.69, 9.17) is 0 Å². The van der Waals surface area contributed by atoms with Crippen LogP contribution in [-0.2, 0) is 9.84 Å². The van der Waals surface area contributed by atoms with Crippen LogP contribution in [0.15, 0.2) is 18.3 Å². The Kier molecular flexibility index (Phi) is 4.88. The Hall–Kier alpha value is -1.90. The highest BCUT2D eigenvalue weighted by atomic mass is 32.2. The van der Waals surface area contributed by atoms with Crippen LogP contribution in [0.4, 0.5) is 15.0 Å². The number of nitrogens with zero attached hydrogens (tertiary/aromatic N) is 3. The van der Waals surface area contributed by atoms with Crippen molar-refractivity contribution in [3.8, 4) is 0 Å². The number of urea groups is 1. The first kappa shape index (κ1) is 16.9. The van der Waals surface area contributed by atoms with E-state index in [1.807, 2.05) is 4.90 Å². The molecule has 0 spiro atoms. The number of halogens is 1. The summed E-state index contributed by atoms with van der Waals surface area (Å²) < 4.78 is 36.4. The van der Waals surface area contributed by atoms with Crippen molar-refractivity contribution in [3.63, 3.8) is 0 Å². The number of sulfone groups is 1. The summed E-state index contributed by atoms with van der Waals surface area (Å²) in [4.78, 5) is 19.9. The molecule has 3 heterocycles. The van der Waals surface area contributed by atoms with Crippen molar-refractivity contribution in [1.82, 2.24) is 15.2 Å². The summed E-state index contributed by atoms with van der Waals surface area (Å²) in [5.74, 6) is 0.531. The van der Waals surface area contributed by atoms with Crippen molar-refractivity contribution in [3.05, 3.63) is 24.1 Å².